The molecule has 0 fully saturated rings. The molecular weight excluding hydrogens is 442 g/mol. The highest BCUT2D eigenvalue weighted by molar-refractivity contribution is 9.10. The topological polar surface area (TPSA) is 68.1 Å². The van der Waals surface area contributed by atoms with Gasteiger partial charge in [0.05, 0.1) is 24.3 Å². The standard InChI is InChI=1S/C21H18BrNO4S/c1-3-27-21(25)18-19(24)17(12-13-5-4-6-14(22)11-13)28-20(18)23-15-7-9-16(26-2)10-8-15/h4-12,24H,3H2,1-2H3/b17-12-,23-20?. The number of aliphatic hydroxyl groups excluding tert-OH is 1. The lowest BCUT2D eigenvalue weighted by Crippen LogP contribution is -2.12. The lowest BCUT2D eigenvalue weighted by atomic mass is 10.1. The van der Waals surface area contributed by atoms with Crippen LogP contribution in [0.25, 0.3) is 6.08 Å². The fraction of sp³-hybridized carbons (Fsp3) is 0.143. The maximum Gasteiger partial charge on any atom is 0.344 e. The summed E-state index contributed by atoms with van der Waals surface area (Å²) in [4.78, 5) is 17.5. The first-order chi connectivity index (χ1) is 13.5. The van der Waals surface area contributed by atoms with E-state index in [-0.39, 0.29) is 17.9 Å². The molecule has 0 aromatic heterocycles. The van der Waals surface area contributed by atoms with Crippen LogP contribution in [0.3, 0.4) is 0 Å². The van der Waals surface area contributed by atoms with Gasteiger partial charge >= 0.3 is 5.97 Å². The van der Waals surface area contributed by atoms with Crippen LogP contribution < -0.4 is 4.74 Å². The Morgan fingerprint density at radius 1 is 1.25 bits per heavy atom. The summed E-state index contributed by atoms with van der Waals surface area (Å²) in [5, 5.41) is 11.1. The summed E-state index contributed by atoms with van der Waals surface area (Å²) in [6.07, 6.45) is 1.81. The molecule has 0 radical (unpaired) electrons. The Bertz CT molecular complexity index is 980. The molecule has 0 unspecified atom stereocenters. The van der Waals surface area contributed by atoms with E-state index in [0.29, 0.717) is 21.4 Å². The van der Waals surface area contributed by atoms with Gasteiger partial charge in [0.15, 0.2) is 0 Å². The average molecular weight is 460 g/mol. The van der Waals surface area contributed by atoms with Crippen LogP contribution in [-0.2, 0) is 9.53 Å². The molecule has 0 bridgehead atoms. The fourth-order valence-corrected chi connectivity index (χ4v) is 3.97. The van der Waals surface area contributed by atoms with Gasteiger partial charge in [0.2, 0.25) is 0 Å². The Balaban J connectivity index is 2.01. The van der Waals surface area contributed by atoms with Crippen LogP contribution in [0.15, 0.2) is 74.2 Å². The second kappa shape index (κ2) is 9.12. The minimum Gasteiger partial charge on any atom is -0.506 e. The predicted molar refractivity (Wildman–Crippen MR) is 116 cm³/mol. The van der Waals surface area contributed by atoms with Gasteiger partial charge in [-0.25, -0.2) is 9.79 Å². The van der Waals surface area contributed by atoms with Gasteiger partial charge in [0, 0.05) is 4.47 Å². The zero-order valence-electron chi connectivity index (χ0n) is 15.3. The molecule has 0 amide bonds. The van der Waals surface area contributed by atoms with Crippen molar-refractivity contribution in [1.82, 2.24) is 0 Å². The van der Waals surface area contributed by atoms with Crippen molar-refractivity contribution < 1.29 is 19.4 Å². The number of aliphatic hydroxyl groups is 1. The van der Waals surface area contributed by atoms with E-state index >= 15 is 0 Å². The number of methoxy groups -OCH3 is 1. The number of thioether (sulfide) groups is 1. The number of aliphatic imine (C=N–C) groups is 1. The molecule has 1 heterocycles. The molecule has 28 heavy (non-hydrogen) atoms. The largest absolute Gasteiger partial charge is 0.506 e. The van der Waals surface area contributed by atoms with E-state index in [9.17, 15) is 9.90 Å². The van der Waals surface area contributed by atoms with Gasteiger partial charge in [-0.3, -0.25) is 0 Å². The van der Waals surface area contributed by atoms with Crippen molar-refractivity contribution in [3.63, 3.8) is 0 Å². The van der Waals surface area contributed by atoms with Crippen molar-refractivity contribution in [3.8, 4) is 5.75 Å². The molecule has 2 aromatic carbocycles. The van der Waals surface area contributed by atoms with Crippen LogP contribution in [0.1, 0.15) is 12.5 Å². The van der Waals surface area contributed by atoms with Crippen LogP contribution >= 0.6 is 27.7 Å². The number of hydrogen-bond donors (Lipinski definition) is 1. The third-order valence-corrected chi connectivity index (χ3v) is 5.33. The number of carbonyl (C=O) groups is 1. The van der Waals surface area contributed by atoms with Crippen molar-refractivity contribution in [2.24, 2.45) is 4.99 Å². The third kappa shape index (κ3) is 4.66. The van der Waals surface area contributed by atoms with Gasteiger partial charge in [0.1, 0.15) is 22.1 Å². The van der Waals surface area contributed by atoms with Gasteiger partial charge in [-0.05, 0) is 55.0 Å². The van der Waals surface area contributed by atoms with E-state index in [1.165, 1.54) is 11.8 Å². The number of halogens is 1. The zero-order chi connectivity index (χ0) is 20.1. The van der Waals surface area contributed by atoms with Gasteiger partial charge in [-0.15, -0.1) is 0 Å². The maximum absolute atomic E-state index is 12.4. The first-order valence-corrected chi connectivity index (χ1v) is 10.1. The smallest absolute Gasteiger partial charge is 0.344 e. The van der Waals surface area contributed by atoms with Crippen molar-refractivity contribution >= 4 is 50.5 Å². The Hall–Kier alpha value is -2.51. The molecule has 0 saturated heterocycles. The van der Waals surface area contributed by atoms with E-state index in [0.717, 1.165) is 10.0 Å². The SMILES string of the molecule is CCOC(=O)C1=C(O)/C(=C/c2cccc(Br)c2)SC1=Nc1ccc(OC)cc1. The number of nitrogens with zero attached hydrogens (tertiary/aromatic N) is 1. The highest BCUT2D eigenvalue weighted by Crippen LogP contribution is 2.40. The maximum atomic E-state index is 12.4. The third-order valence-electron chi connectivity index (χ3n) is 3.82. The van der Waals surface area contributed by atoms with E-state index in [4.69, 9.17) is 9.47 Å². The molecule has 0 spiro atoms. The van der Waals surface area contributed by atoms with Gasteiger partial charge < -0.3 is 14.6 Å². The zero-order valence-corrected chi connectivity index (χ0v) is 17.7. The molecule has 1 aliphatic heterocycles. The normalized spacial score (nSPS) is 16.7. The number of carbonyl (C=O) groups excluding carboxylic acids is 1. The lowest BCUT2D eigenvalue weighted by molar-refractivity contribution is -0.138. The van der Waals surface area contributed by atoms with Crippen LogP contribution in [-0.4, -0.2) is 29.8 Å². The quantitative estimate of drug-likeness (QED) is 0.584. The van der Waals surface area contributed by atoms with E-state index in [2.05, 4.69) is 20.9 Å². The van der Waals surface area contributed by atoms with Crippen LogP contribution in [0.4, 0.5) is 5.69 Å². The Labute approximate surface area is 175 Å². The number of rotatable bonds is 5. The first-order valence-electron chi connectivity index (χ1n) is 8.50. The molecule has 1 N–H and O–H groups in total. The molecule has 5 nitrogen and oxygen atoms in total. The second-order valence-corrected chi connectivity index (χ2v) is 7.67. The monoisotopic (exact) mass is 459 g/mol. The van der Waals surface area contributed by atoms with Crippen LogP contribution in [0.2, 0.25) is 0 Å². The summed E-state index contributed by atoms with van der Waals surface area (Å²) in [6.45, 7) is 1.93. The summed E-state index contributed by atoms with van der Waals surface area (Å²) in [6, 6.07) is 14.8. The highest BCUT2D eigenvalue weighted by Gasteiger charge is 2.33. The van der Waals surface area contributed by atoms with E-state index in [1.807, 2.05) is 24.3 Å². The Kier molecular flexibility index (Phi) is 6.59. The van der Waals surface area contributed by atoms with E-state index < -0.39 is 5.97 Å². The Morgan fingerprint density at radius 3 is 2.64 bits per heavy atom. The number of benzene rings is 2. The number of esters is 1. The van der Waals surface area contributed by atoms with Crippen molar-refractivity contribution in [1.29, 1.82) is 0 Å². The Morgan fingerprint density at radius 2 is 2.00 bits per heavy atom. The molecule has 1 aliphatic rings. The van der Waals surface area contributed by atoms with Crippen LogP contribution in [0, 0.1) is 0 Å². The van der Waals surface area contributed by atoms with Crippen molar-refractivity contribution in [2.75, 3.05) is 13.7 Å². The van der Waals surface area contributed by atoms with Gasteiger partial charge in [0.25, 0.3) is 0 Å². The lowest BCUT2D eigenvalue weighted by Gasteiger charge is -2.04. The van der Waals surface area contributed by atoms with Crippen molar-refractivity contribution in [2.45, 2.75) is 6.92 Å². The van der Waals surface area contributed by atoms with E-state index in [1.54, 1.807) is 44.4 Å². The minimum absolute atomic E-state index is 0.0731. The second-order valence-electron chi connectivity index (χ2n) is 5.72. The molecule has 0 aliphatic carbocycles. The number of hydrogen-bond acceptors (Lipinski definition) is 6. The number of ether oxygens (including phenoxy) is 2. The highest BCUT2D eigenvalue weighted by atomic mass is 79.9. The molecule has 2 aromatic rings. The summed E-state index contributed by atoms with van der Waals surface area (Å²) in [5.41, 5.74) is 1.60. The fourth-order valence-electron chi connectivity index (χ4n) is 2.51. The molecule has 7 heteroatoms. The van der Waals surface area contributed by atoms with Crippen LogP contribution in [0.5, 0.6) is 5.75 Å². The first kappa shape index (κ1) is 20.2. The van der Waals surface area contributed by atoms with Gasteiger partial charge in [-0.1, -0.05) is 39.8 Å². The molecular formula is C21H18BrNO4S. The van der Waals surface area contributed by atoms with Gasteiger partial charge in [-0.2, -0.15) is 0 Å². The summed E-state index contributed by atoms with van der Waals surface area (Å²) in [7, 11) is 1.59. The summed E-state index contributed by atoms with van der Waals surface area (Å²) in [5.74, 6) is -0.0182. The molecule has 3 rings (SSSR count). The average Bonchev–Trinajstić information content (AvgIpc) is 2.97. The predicted octanol–water partition coefficient (Wildman–Crippen LogP) is 5.65. The summed E-state index contributed by atoms with van der Waals surface area (Å²) >= 11 is 4.66. The molecule has 0 saturated carbocycles. The van der Waals surface area contributed by atoms with Crippen molar-refractivity contribution in [3.05, 3.63) is 74.8 Å². The molecule has 0 atom stereocenters. The minimum atomic E-state index is -0.600. The molecule has 144 valence electrons. The summed E-state index contributed by atoms with van der Waals surface area (Å²) < 4.78 is 11.2.